The van der Waals surface area contributed by atoms with Gasteiger partial charge in [-0.2, -0.15) is 0 Å². The Balaban J connectivity index is 0.000000671. The second-order valence-corrected chi connectivity index (χ2v) is 2.28. The summed E-state index contributed by atoms with van der Waals surface area (Å²) in [4.78, 5) is 10.6. The molecule has 0 bridgehead atoms. The van der Waals surface area contributed by atoms with Crippen molar-refractivity contribution < 1.29 is 14.6 Å². The molecule has 3 nitrogen and oxygen atoms in total. The van der Waals surface area contributed by atoms with E-state index >= 15 is 0 Å². The molecule has 13 heavy (non-hydrogen) atoms. The Morgan fingerprint density at radius 1 is 1.62 bits per heavy atom. The predicted molar refractivity (Wildman–Crippen MR) is 67.9 cm³/mol. The number of hydrogen-bond acceptors (Lipinski definition) is 3. The number of hydrogen-bond donors (Lipinski definition) is 1. The zero-order chi connectivity index (χ0) is 10.3. The first-order valence-electron chi connectivity index (χ1n) is 3.58. The van der Waals surface area contributed by atoms with Gasteiger partial charge in [0.2, 0.25) is 0 Å². The normalized spacial score (nSPS) is 26.6. The number of esters is 1. The molecule has 0 saturated heterocycles. The van der Waals surface area contributed by atoms with Gasteiger partial charge in [-0.1, -0.05) is 6.08 Å². The molecule has 0 aromatic heterocycles. The monoisotopic (exact) mass is 408 g/mol. The quantitative estimate of drug-likeness (QED) is 0.411. The van der Waals surface area contributed by atoms with Gasteiger partial charge in [-0.15, -0.1) is 0 Å². The molecule has 0 amide bonds. The topological polar surface area (TPSA) is 46.5 Å². The van der Waals surface area contributed by atoms with Crippen LogP contribution in [0, 0.1) is 0 Å². The Labute approximate surface area is 101 Å². The van der Waals surface area contributed by atoms with Crippen LogP contribution in [0.25, 0.3) is 0 Å². The van der Waals surface area contributed by atoms with Crippen LogP contribution in [0.15, 0.2) is 24.3 Å². The number of halogens is 2. The van der Waals surface area contributed by atoms with Crippen molar-refractivity contribution in [2.24, 2.45) is 0 Å². The van der Waals surface area contributed by atoms with E-state index in [0.29, 0.717) is 0 Å². The second-order valence-electron chi connectivity index (χ2n) is 2.28. The Bertz CT molecular complexity index is 213. The van der Waals surface area contributed by atoms with Crippen LogP contribution in [-0.4, -0.2) is 23.3 Å². The second kappa shape index (κ2) is 7.74. The average molecular weight is 408 g/mol. The smallest absolute Gasteiger partial charge is 0.331 e. The molecule has 1 aliphatic heterocycles. The number of rotatable bonds is 1. The zero-order valence-corrected chi connectivity index (χ0v) is 11.3. The molecule has 0 radical (unpaired) electrons. The van der Waals surface area contributed by atoms with Crippen LogP contribution in [0.5, 0.6) is 0 Å². The number of cyclic esters (lactones) is 1. The molecular formula is C8H10I2O3. The van der Waals surface area contributed by atoms with Crippen molar-refractivity contribution in [2.75, 3.05) is 0 Å². The maximum atomic E-state index is 10.6. The van der Waals surface area contributed by atoms with Crippen molar-refractivity contribution in [1.29, 1.82) is 0 Å². The molecule has 1 rings (SSSR count). The van der Waals surface area contributed by atoms with Crippen LogP contribution >= 0.6 is 37.2 Å². The third-order valence-corrected chi connectivity index (χ3v) is 1.40. The van der Waals surface area contributed by atoms with Crippen LogP contribution in [0.2, 0.25) is 0 Å². The fraction of sp³-hybridized carbons (Fsp3) is 0.375. The lowest BCUT2D eigenvalue weighted by atomic mass is 10.1. The van der Waals surface area contributed by atoms with Crippen molar-refractivity contribution in [2.45, 2.75) is 19.1 Å². The molecule has 2 atom stereocenters. The number of aliphatic hydroxyl groups excluding tert-OH is 1. The van der Waals surface area contributed by atoms with E-state index in [0.717, 1.165) is 0 Å². The first kappa shape index (κ1) is 13.4. The molecule has 0 aromatic carbocycles. The summed E-state index contributed by atoms with van der Waals surface area (Å²) in [6.45, 7) is 1.80. The van der Waals surface area contributed by atoms with E-state index in [-0.39, 0.29) is 0 Å². The molecule has 0 aliphatic carbocycles. The summed E-state index contributed by atoms with van der Waals surface area (Å²) in [6.07, 6.45) is 4.81. The van der Waals surface area contributed by atoms with Gasteiger partial charge in [0.25, 0.3) is 0 Å². The number of aliphatic hydroxyl groups is 1. The Morgan fingerprint density at radius 3 is 2.77 bits per heavy atom. The van der Waals surface area contributed by atoms with Gasteiger partial charge in [0.15, 0.2) is 0 Å². The van der Waals surface area contributed by atoms with E-state index in [1.807, 2.05) is 0 Å². The van der Waals surface area contributed by atoms with Gasteiger partial charge in [0.05, 0.1) is 0 Å². The highest BCUT2D eigenvalue weighted by Gasteiger charge is 2.21. The molecule has 0 aromatic rings. The molecule has 74 valence electrons. The summed E-state index contributed by atoms with van der Waals surface area (Å²) in [5.41, 5.74) is 0. The number of carbonyl (C=O) groups is 1. The minimum Gasteiger partial charge on any atom is -0.452 e. The third-order valence-electron chi connectivity index (χ3n) is 1.40. The van der Waals surface area contributed by atoms with E-state index in [1.54, 1.807) is 19.1 Å². The molecule has 5 heteroatoms. The molecular weight excluding hydrogens is 398 g/mol. The zero-order valence-electron chi connectivity index (χ0n) is 6.98. The molecule has 1 heterocycles. The summed E-state index contributed by atoms with van der Waals surface area (Å²) < 4.78 is 4.78. The van der Waals surface area contributed by atoms with Gasteiger partial charge in [0, 0.05) is 43.3 Å². The highest BCUT2D eigenvalue weighted by molar-refractivity contribution is 15.0. The lowest BCUT2D eigenvalue weighted by molar-refractivity contribution is -0.146. The SMILES string of the molecule is C/C=C/[C@@H]1OC(=O)C=C[C@@H]1O.II. The van der Waals surface area contributed by atoms with Gasteiger partial charge >= 0.3 is 5.97 Å². The molecule has 0 spiro atoms. The fourth-order valence-electron chi connectivity index (χ4n) is 0.873. The highest BCUT2D eigenvalue weighted by atomic mass is 128. The van der Waals surface area contributed by atoms with Crippen molar-refractivity contribution in [3.8, 4) is 0 Å². The third kappa shape index (κ3) is 4.96. The van der Waals surface area contributed by atoms with E-state index in [4.69, 9.17) is 4.74 Å². The average Bonchev–Trinajstić information content (AvgIpc) is 2.15. The largest absolute Gasteiger partial charge is 0.452 e. The Kier molecular flexibility index (Phi) is 7.96. The van der Waals surface area contributed by atoms with Gasteiger partial charge in [-0.05, 0) is 19.1 Å². The van der Waals surface area contributed by atoms with E-state index in [9.17, 15) is 9.90 Å². The van der Waals surface area contributed by atoms with Crippen molar-refractivity contribution >= 4 is 43.2 Å². The van der Waals surface area contributed by atoms with Crippen LogP contribution in [0.4, 0.5) is 0 Å². The fourth-order valence-corrected chi connectivity index (χ4v) is 0.873. The molecule has 0 unspecified atom stereocenters. The Hall–Kier alpha value is 0.370. The van der Waals surface area contributed by atoms with Crippen LogP contribution in [-0.2, 0) is 9.53 Å². The summed E-state index contributed by atoms with van der Waals surface area (Å²) >= 11 is 4.24. The lowest BCUT2D eigenvalue weighted by Crippen LogP contribution is -2.31. The summed E-state index contributed by atoms with van der Waals surface area (Å²) in [7, 11) is 0. The molecule has 0 saturated carbocycles. The van der Waals surface area contributed by atoms with Crippen LogP contribution in [0.1, 0.15) is 6.92 Å². The lowest BCUT2D eigenvalue weighted by Gasteiger charge is -2.20. The standard InChI is InChI=1S/C8H10O3.I2/c1-2-3-7-6(9)4-5-8(10)11-7;1-2/h2-7,9H,1H3;/b3-2+;/t6-,7-;/m0./s1. The first-order chi connectivity index (χ1) is 6.24. The predicted octanol–water partition coefficient (Wildman–Crippen LogP) is 2.18. The molecule has 1 N–H and O–H groups in total. The summed E-state index contributed by atoms with van der Waals surface area (Å²) in [5.74, 6) is -0.404. The Morgan fingerprint density at radius 2 is 2.23 bits per heavy atom. The maximum Gasteiger partial charge on any atom is 0.331 e. The molecule has 1 aliphatic rings. The van der Waals surface area contributed by atoms with Gasteiger partial charge in [0.1, 0.15) is 12.2 Å². The van der Waals surface area contributed by atoms with Gasteiger partial charge in [-0.25, -0.2) is 4.79 Å². The van der Waals surface area contributed by atoms with Crippen molar-refractivity contribution in [3.05, 3.63) is 24.3 Å². The minimum atomic E-state index is -0.705. The highest BCUT2D eigenvalue weighted by Crippen LogP contribution is 2.09. The summed E-state index contributed by atoms with van der Waals surface area (Å²) in [6, 6.07) is 0. The van der Waals surface area contributed by atoms with Gasteiger partial charge < -0.3 is 9.84 Å². The number of allylic oxidation sites excluding steroid dienone is 1. The number of ether oxygens (including phenoxy) is 1. The van der Waals surface area contributed by atoms with Crippen molar-refractivity contribution in [1.82, 2.24) is 0 Å². The first-order valence-corrected chi connectivity index (χ1v) is 9.86. The maximum absolute atomic E-state index is 10.6. The van der Waals surface area contributed by atoms with Crippen LogP contribution < -0.4 is 0 Å². The van der Waals surface area contributed by atoms with Crippen LogP contribution in [0.3, 0.4) is 0 Å². The van der Waals surface area contributed by atoms with E-state index < -0.39 is 18.2 Å². The number of carbonyl (C=O) groups excluding carboxylic acids is 1. The summed E-state index contributed by atoms with van der Waals surface area (Å²) in [5, 5.41) is 9.20. The van der Waals surface area contributed by atoms with Gasteiger partial charge in [-0.3, -0.25) is 0 Å². The minimum absolute atomic E-state index is 0.404. The van der Waals surface area contributed by atoms with Crippen molar-refractivity contribution in [3.63, 3.8) is 0 Å². The van der Waals surface area contributed by atoms with E-state index in [2.05, 4.69) is 37.2 Å². The van der Waals surface area contributed by atoms with E-state index in [1.165, 1.54) is 12.2 Å². The molecule has 0 fully saturated rings.